The van der Waals surface area contributed by atoms with Gasteiger partial charge in [-0.1, -0.05) is 17.7 Å². The van der Waals surface area contributed by atoms with Gasteiger partial charge in [-0.2, -0.15) is 4.31 Å². The monoisotopic (exact) mass is 414 g/mol. The predicted octanol–water partition coefficient (Wildman–Crippen LogP) is 2.87. The zero-order valence-corrected chi connectivity index (χ0v) is 17.8. The molecule has 1 saturated heterocycles. The standard InChI is InChI=1S/C21H26N4O3S/c1-15-6-7-19(16(2)13-15)29(26,27)24-10-8-17(14-24)20-23-18-5-4-9-22-21(18)25(20)11-12-28-3/h4-7,9,13,17H,8,10-12,14H2,1-3H3/t17-/m1/s1. The van der Waals surface area contributed by atoms with Crippen LogP contribution in [0.25, 0.3) is 11.2 Å². The van der Waals surface area contributed by atoms with Gasteiger partial charge in [0.1, 0.15) is 11.3 Å². The van der Waals surface area contributed by atoms with Crippen LogP contribution in [-0.4, -0.2) is 54.1 Å². The van der Waals surface area contributed by atoms with Crippen molar-refractivity contribution < 1.29 is 13.2 Å². The molecule has 0 N–H and O–H groups in total. The summed E-state index contributed by atoms with van der Waals surface area (Å²) >= 11 is 0. The number of hydrogen-bond donors (Lipinski definition) is 0. The molecule has 1 aliphatic rings. The van der Waals surface area contributed by atoms with Gasteiger partial charge in [0.2, 0.25) is 10.0 Å². The lowest BCUT2D eigenvalue weighted by Crippen LogP contribution is -2.29. The number of aromatic nitrogens is 3. The Balaban J connectivity index is 1.65. The molecule has 3 aromatic rings. The van der Waals surface area contributed by atoms with Crippen LogP contribution >= 0.6 is 0 Å². The molecule has 154 valence electrons. The molecule has 1 fully saturated rings. The molecule has 0 spiro atoms. The Labute approximate surface area is 171 Å². The molecular weight excluding hydrogens is 388 g/mol. The van der Waals surface area contributed by atoms with Crippen LogP contribution in [0.2, 0.25) is 0 Å². The second-order valence-corrected chi connectivity index (χ2v) is 9.48. The van der Waals surface area contributed by atoms with Gasteiger partial charge in [0.25, 0.3) is 0 Å². The Kier molecular flexibility index (Phi) is 5.42. The first-order chi connectivity index (χ1) is 13.9. The van der Waals surface area contributed by atoms with Gasteiger partial charge in [0.05, 0.1) is 11.5 Å². The molecule has 0 aliphatic carbocycles. The second-order valence-electron chi connectivity index (χ2n) is 7.58. The minimum Gasteiger partial charge on any atom is -0.383 e. The Bertz CT molecular complexity index is 1140. The maximum atomic E-state index is 13.2. The number of benzene rings is 1. The van der Waals surface area contributed by atoms with E-state index in [0.717, 1.165) is 34.5 Å². The van der Waals surface area contributed by atoms with Gasteiger partial charge in [0, 0.05) is 38.9 Å². The fraction of sp³-hybridized carbons (Fsp3) is 0.429. The highest BCUT2D eigenvalue weighted by molar-refractivity contribution is 7.89. The first kappa shape index (κ1) is 20.0. The molecule has 1 atom stereocenters. The number of methoxy groups -OCH3 is 1. The van der Waals surface area contributed by atoms with Crippen molar-refractivity contribution in [1.29, 1.82) is 0 Å². The third kappa shape index (κ3) is 3.68. The molecule has 2 aromatic heterocycles. The van der Waals surface area contributed by atoms with Crippen LogP contribution in [-0.2, 0) is 21.3 Å². The van der Waals surface area contributed by atoms with Gasteiger partial charge < -0.3 is 9.30 Å². The van der Waals surface area contributed by atoms with Crippen molar-refractivity contribution in [2.75, 3.05) is 26.8 Å². The number of aryl methyl sites for hydroxylation is 2. The Morgan fingerprint density at radius 3 is 2.83 bits per heavy atom. The van der Waals surface area contributed by atoms with Gasteiger partial charge in [-0.05, 0) is 44.0 Å². The van der Waals surface area contributed by atoms with Crippen LogP contribution in [0.3, 0.4) is 0 Å². The van der Waals surface area contributed by atoms with E-state index in [1.807, 2.05) is 38.1 Å². The number of ether oxygens (including phenoxy) is 1. The van der Waals surface area contributed by atoms with Gasteiger partial charge in [-0.25, -0.2) is 18.4 Å². The highest BCUT2D eigenvalue weighted by atomic mass is 32.2. The molecule has 4 rings (SSSR count). The summed E-state index contributed by atoms with van der Waals surface area (Å²) in [6, 6.07) is 9.28. The van der Waals surface area contributed by atoms with Gasteiger partial charge in [0.15, 0.2) is 5.65 Å². The number of pyridine rings is 1. The van der Waals surface area contributed by atoms with Gasteiger partial charge >= 0.3 is 0 Å². The van der Waals surface area contributed by atoms with E-state index in [2.05, 4.69) is 9.55 Å². The summed E-state index contributed by atoms with van der Waals surface area (Å²) in [6.45, 7) is 5.91. The molecule has 3 heterocycles. The van der Waals surface area contributed by atoms with Crippen molar-refractivity contribution in [3.63, 3.8) is 0 Å². The fourth-order valence-electron chi connectivity index (χ4n) is 4.08. The summed E-state index contributed by atoms with van der Waals surface area (Å²) in [4.78, 5) is 9.65. The third-order valence-electron chi connectivity index (χ3n) is 5.52. The van der Waals surface area contributed by atoms with Gasteiger partial charge in [-0.3, -0.25) is 0 Å². The van der Waals surface area contributed by atoms with Crippen LogP contribution < -0.4 is 0 Å². The molecule has 0 amide bonds. The Morgan fingerprint density at radius 2 is 2.07 bits per heavy atom. The van der Waals surface area contributed by atoms with E-state index in [1.165, 1.54) is 0 Å². The minimum absolute atomic E-state index is 0.0292. The lowest BCUT2D eigenvalue weighted by molar-refractivity contribution is 0.187. The molecule has 0 saturated carbocycles. The molecule has 7 nitrogen and oxygen atoms in total. The first-order valence-corrected chi connectivity index (χ1v) is 11.2. The normalized spacial score (nSPS) is 18.0. The minimum atomic E-state index is -3.53. The van der Waals surface area contributed by atoms with E-state index in [1.54, 1.807) is 23.7 Å². The quantitative estimate of drug-likeness (QED) is 0.620. The highest BCUT2D eigenvalue weighted by Gasteiger charge is 2.36. The maximum Gasteiger partial charge on any atom is 0.243 e. The molecule has 1 aromatic carbocycles. The number of fused-ring (bicyclic) bond motifs is 1. The SMILES string of the molecule is COCCn1c([C@@H]2CCN(S(=O)(=O)c3ccc(C)cc3C)C2)nc2cccnc21. The summed E-state index contributed by atoms with van der Waals surface area (Å²) < 4.78 is 35.4. The smallest absolute Gasteiger partial charge is 0.243 e. The number of sulfonamides is 1. The summed E-state index contributed by atoms with van der Waals surface area (Å²) in [6.07, 6.45) is 2.49. The Hall–Kier alpha value is -2.29. The van der Waals surface area contributed by atoms with Crippen LogP contribution in [0, 0.1) is 13.8 Å². The topological polar surface area (TPSA) is 77.3 Å². The molecule has 8 heteroatoms. The van der Waals surface area contributed by atoms with E-state index in [-0.39, 0.29) is 5.92 Å². The molecule has 0 radical (unpaired) electrons. The van der Waals surface area contributed by atoms with Crippen molar-refractivity contribution >= 4 is 21.2 Å². The van der Waals surface area contributed by atoms with Crippen molar-refractivity contribution in [1.82, 2.24) is 18.8 Å². The van der Waals surface area contributed by atoms with Crippen LogP contribution in [0.5, 0.6) is 0 Å². The molecular formula is C21H26N4O3S. The summed E-state index contributed by atoms with van der Waals surface area (Å²) in [5.41, 5.74) is 3.48. The Morgan fingerprint density at radius 1 is 1.24 bits per heavy atom. The molecule has 29 heavy (non-hydrogen) atoms. The summed E-state index contributed by atoms with van der Waals surface area (Å²) in [7, 11) is -1.86. The summed E-state index contributed by atoms with van der Waals surface area (Å²) in [5.74, 6) is 0.913. The van der Waals surface area contributed by atoms with Crippen molar-refractivity contribution in [2.45, 2.75) is 37.6 Å². The first-order valence-electron chi connectivity index (χ1n) is 9.79. The second kappa shape index (κ2) is 7.85. The van der Waals surface area contributed by atoms with Crippen LogP contribution in [0.15, 0.2) is 41.4 Å². The highest BCUT2D eigenvalue weighted by Crippen LogP contribution is 2.33. The lowest BCUT2D eigenvalue weighted by atomic mass is 10.1. The molecule has 1 aliphatic heterocycles. The number of nitrogens with zero attached hydrogens (tertiary/aromatic N) is 4. The van der Waals surface area contributed by atoms with Crippen molar-refractivity contribution in [3.05, 3.63) is 53.5 Å². The number of hydrogen-bond acceptors (Lipinski definition) is 5. The van der Waals surface area contributed by atoms with Crippen LogP contribution in [0.1, 0.15) is 29.3 Å². The zero-order chi connectivity index (χ0) is 20.6. The van der Waals surface area contributed by atoms with Crippen LogP contribution in [0.4, 0.5) is 0 Å². The average molecular weight is 415 g/mol. The van der Waals surface area contributed by atoms with E-state index in [9.17, 15) is 8.42 Å². The summed E-state index contributed by atoms with van der Waals surface area (Å²) in [5, 5.41) is 0. The van der Waals surface area contributed by atoms with E-state index >= 15 is 0 Å². The van der Waals surface area contributed by atoms with E-state index < -0.39 is 10.0 Å². The third-order valence-corrected chi connectivity index (χ3v) is 7.54. The maximum absolute atomic E-state index is 13.2. The fourth-order valence-corrected chi connectivity index (χ4v) is 5.78. The molecule has 0 bridgehead atoms. The largest absolute Gasteiger partial charge is 0.383 e. The number of imidazole rings is 1. The van der Waals surface area contributed by atoms with Crippen molar-refractivity contribution in [3.8, 4) is 0 Å². The van der Waals surface area contributed by atoms with E-state index in [4.69, 9.17) is 9.72 Å². The molecule has 0 unspecified atom stereocenters. The van der Waals surface area contributed by atoms with E-state index in [0.29, 0.717) is 31.1 Å². The average Bonchev–Trinajstić information content (AvgIpc) is 3.31. The zero-order valence-electron chi connectivity index (χ0n) is 17.0. The predicted molar refractivity (Wildman–Crippen MR) is 111 cm³/mol. The lowest BCUT2D eigenvalue weighted by Gasteiger charge is -2.18. The van der Waals surface area contributed by atoms with Crippen molar-refractivity contribution in [2.24, 2.45) is 0 Å². The van der Waals surface area contributed by atoms with Gasteiger partial charge in [-0.15, -0.1) is 0 Å². The number of rotatable bonds is 6.